The molecule has 0 saturated carbocycles. The molecule has 2 unspecified atom stereocenters. The highest BCUT2D eigenvalue weighted by atomic mass is 19.4. The van der Waals surface area contributed by atoms with E-state index in [0.717, 1.165) is 0 Å². The Kier molecular flexibility index (Phi) is 5.98. The minimum atomic E-state index is -4.37. The molecule has 2 atom stereocenters. The van der Waals surface area contributed by atoms with Crippen LogP contribution in [0.15, 0.2) is 0 Å². The molecule has 0 aliphatic heterocycles. The number of halogens is 3. The molecule has 100 valence electrons. The van der Waals surface area contributed by atoms with Crippen LogP contribution in [0, 0.1) is 11.8 Å². The molecule has 0 saturated heterocycles. The SMILES string of the molecule is CCCC(C(N)=O)C(CCC(F)(F)F)C(N)=O. The summed E-state index contributed by atoms with van der Waals surface area (Å²) in [7, 11) is 0. The van der Waals surface area contributed by atoms with E-state index in [0.29, 0.717) is 6.42 Å². The normalized spacial score (nSPS) is 15.3. The number of primary amides is 2. The van der Waals surface area contributed by atoms with Crippen molar-refractivity contribution in [3.63, 3.8) is 0 Å². The van der Waals surface area contributed by atoms with Gasteiger partial charge in [0.1, 0.15) is 0 Å². The van der Waals surface area contributed by atoms with Crippen LogP contribution in [0.1, 0.15) is 32.6 Å². The molecule has 0 aliphatic carbocycles. The lowest BCUT2D eigenvalue weighted by Gasteiger charge is -2.22. The van der Waals surface area contributed by atoms with Crippen molar-refractivity contribution in [2.24, 2.45) is 23.3 Å². The third-order valence-corrected chi connectivity index (χ3v) is 2.56. The third-order valence-electron chi connectivity index (χ3n) is 2.56. The highest BCUT2D eigenvalue weighted by molar-refractivity contribution is 5.85. The third kappa shape index (κ3) is 6.13. The standard InChI is InChI=1S/C10H17F3N2O2/c1-2-3-6(8(14)16)7(9(15)17)4-5-10(11,12)13/h6-7H,2-5H2,1H3,(H2,14,16)(H2,15,17). The van der Waals surface area contributed by atoms with Crippen LogP contribution >= 0.6 is 0 Å². The number of hydrogen-bond donors (Lipinski definition) is 2. The number of nitrogens with two attached hydrogens (primary N) is 2. The maximum absolute atomic E-state index is 12.1. The number of alkyl halides is 3. The molecular formula is C10H17F3N2O2. The Hall–Kier alpha value is -1.27. The van der Waals surface area contributed by atoms with Gasteiger partial charge in [-0.05, 0) is 12.8 Å². The van der Waals surface area contributed by atoms with Crippen molar-refractivity contribution in [1.82, 2.24) is 0 Å². The summed E-state index contributed by atoms with van der Waals surface area (Å²) >= 11 is 0. The average molecular weight is 254 g/mol. The molecule has 0 bridgehead atoms. The number of amides is 2. The van der Waals surface area contributed by atoms with E-state index in [1.54, 1.807) is 6.92 Å². The van der Waals surface area contributed by atoms with Crippen molar-refractivity contribution in [2.45, 2.75) is 38.8 Å². The predicted octanol–water partition coefficient (Wildman–Crippen LogP) is 1.33. The van der Waals surface area contributed by atoms with Crippen LogP contribution in [0.3, 0.4) is 0 Å². The van der Waals surface area contributed by atoms with Gasteiger partial charge in [0.25, 0.3) is 0 Å². The van der Waals surface area contributed by atoms with Crippen LogP contribution in [0.2, 0.25) is 0 Å². The minimum absolute atomic E-state index is 0.265. The summed E-state index contributed by atoms with van der Waals surface area (Å²) in [5, 5.41) is 0. The zero-order valence-electron chi connectivity index (χ0n) is 9.59. The molecule has 7 heteroatoms. The Morgan fingerprint density at radius 1 is 1.06 bits per heavy atom. The molecule has 0 aliphatic rings. The predicted molar refractivity (Wildman–Crippen MR) is 55.6 cm³/mol. The second kappa shape index (κ2) is 6.46. The van der Waals surface area contributed by atoms with Crippen LogP contribution in [0.4, 0.5) is 13.2 Å². The summed E-state index contributed by atoms with van der Waals surface area (Å²) < 4.78 is 36.2. The Morgan fingerprint density at radius 2 is 1.47 bits per heavy atom. The summed E-state index contributed by atoms with van der Waals surface area (Å²) in [4.78, 5) is 22.2. The smallest absolute Gasteiger partial charge is 0.369 e. The molecule has 0 radical (unpaired) electrons. The fraction of sp³-hybridized carbons (Fsp3) is 0.800. The first-order valence-corrected chi connectivity index (χ1v) is 5.34. The lowest BCUT2D eigenvalue weighted by atomic mass is 9.84. The number of carbonyl (C=O) groups excluding carboxylic acids is 2. The second-order valence-electron chi connectivity index (χ2n) is 3.96. The van der Waals surface area contributed by atoms with Gasteiger partial charge in [0, 0.05) is 18.3 Å². The van der Waals surface area contributed by atoms with Crippen LogP contribution in [-0.4, -0.2) is 18.0 Å². The van der Waals surface area contributed by atoms with Gasteiger partial charge in [0.05, 0.1) is 0 Å². The first-order chi connectivity index (χ1) is 7.69. The maximum atomic E-state index is 12.1. The lowest BCUT2D eigenvalue weighted by Crippen LogP contribution is -2.38. The summed E-state index contributed by atoms with van der Waals surface area (Å²) in [6, 6.07) is 0. The number of rotatable bonds is 7. The van der Waals surface area contributed by atoms with Gasteiger partial charge < -0.3 is 11.5 Å². The lowest BCUT2D eigenvalue weighted by molar-refractivity contribution is -0.145. The van der Waals surface area contributed by atoms with Gasteiger partial charge in [-0.2, -0.15) is 13.2 Å². The minimum Gasteiger partial charge on any atom is -0.369 e. The summed E-state index contributed by atoms with van der Waals surface area (Å²) in [5.74, 6) is -3.75. The van der Waals surface area contributed by atoms with Gasteiger partial charge in [0.15, 0.2) is 0 Å². The van der Waals surface area contributed by atoms with Crippen LogP contribution in [0.5, 0.6) is 0 Å². The summed E-state index contributed by atoms with van der Waals surface area (Å²) in [6.45, 7) is 1.75. The van der Waals surface area contributed by atoms with Gasteiger partial charge in [-0.3, -0.25) is 9.59 Å². The Bertz CT molecular complexity index is 279. The van der Waals surface area contributed by atoms with E-state index in [2.05, 4.69) is 0 Å². The zero-order chi connectivity index (χ0) is 13.6. The molecule has 0 rings (SSSR count). The molecule has 0 aromatic heterocycles. The van der Waals surface area contributed by atoms with E-state index in [-0.39, 0.29) is 6.42 Å². The van der Waals surface area contributed by atoms with Crippen molar-refractivity contribution in [3.05, 3.63) is 0 Å². The van der Waals surface area contributed by atoms with Crippen molar-refractivity contribution in [1.29, 1.82) is 0 Å². The van der Waals surface area contributed by atoms with Crippen LogP contribution in [-0.2, 0) is 9.59 Å². The molecule has 2 amide bonds. The van der Waals surface area contributed by atoms with Gasteiger partial charge in [-0.1, -0.05) is 13.3 Å². The molecule has 4 N–H and O–H groups in total. The molecular weight excluding hydrogens is 237 g/mol. The molecule has 0 spiro atoms. The largest absolute Gasteiger partial charge is 0.389 e. The van der Waals surface area contributed by atoms with Crippen molar-refractivity contribution >= 4 is 11.8 Å². The van der Waals surface area contributed by atoms with Crippen LogP contribution in [0.25, 0.3) is 0 Å². The van der Waals surface area contributed by atoms with E-state index in [9.17, 15) is 22.8 Å². The van der Waals surface area contributed by atoms with E-state index in [1.165, 1.54) is 0 Å². The maximum Gasteiger partial charge on any atom is 0.389 e. The van der Waals surface area contributed by atoms with Crippen molar-refractivity contribution < 1.29 is 22.8 Å². The number of hydrogen-bond acceptors (Lipinski definition) is 2. The quantitative estimate of drug-likeness (QED) is 0.718. The Balaban J connectivity index is 4.69. The van der Waals surface area contributed by atoms with Crippen molar-refractivity contribution in [3.8, 4) is 0 Å². The Labute approximate surface area is 97.5 Å². The summed E-state index contributed by atoms with van der Waals surface area (Å²) in [6.07, 6.45) is -5.20. The van der Waals surface area contributed by atoms with Gasteiger partial charge in [-0.25, -0.2) is 0 Å². The zero-order valence-corrected chi connectivity index (χ0v) is 9.59. The van der Waals surface area contributed by atoms with Gasteiger partial charge in [-0.15, -0.1) is 0 Å². The average Bonchev–Trinajstić information content (AvgIpc) is 2.13. The van der Waals surface area contributed by atoms with Crippen molar-refractivity contribution in [2.75, 3.05) is 0 Å². The van der Waals surface area contributed by atoms with Crippen LogP contribution < -0.4 is 11.5 Å². The highest BCUT2D eigenvalue weighted by Crippen LogP contribution is 2.29. The van der Waals surface area contributed by atoms with Gasteiger partial charge in [0.2, 0.25) is 11.8 Å². The summed E-state index contributed by atoms with van der Waals surface area (Å²) in [5.41, 5.74) is 10.1. The molecule has 4 nitrogen and oxygen atoms in total. The monoisotopic (exact) mass is 254 g/mol. The second-order valence-corrected chi connectivity index (χ2v) is 3.96. The number of carbonyl (C=O) groups is 2. The van der Waals surface area contributed by atoms with E-state index >= 15 is 0 Å². The van der Waals surface area contributed by atoms with E-state index in [4.69, 9.17) is 11.5 Å². The van der Waals surface area contributed by atoms with E-state index < -0.39 is 42.7 Å². The first-order valence-electron chi connectivity index (χ1n) is 5.34. The molecule has 0 fully saturated rings. The molecule has 17 heavy (non-hydrogen) atoms. The topological polar surface area (TPSA) is 86.2 Å². The van der Waals surface area contributed by atoms with E-state index in [1.807, 2.05) is 0 Å². The molecule has 0 heterocycles. The fourth-order valence-corrected chi connectivity index (χ4v) is 1.71. The molecule has 0 aromatic rings. The van der Waals surface area contributed by atoms with Gasteiger partial charge >= 0.3 is 6.18 Å². The first kappa shape index (κ1) is 15.7. The molecule has 0 aromatic carbocycles. The Morgan fingerprint density at radius 3 is 1.76 bits per heavy atom. The highest BCUT2D eigenvalue weighted by Gasteiger charge is 2.35. The fourth-order valence-electron chi connectivity index (χ4n) is 1.71.